The minimum atomic E-state index is -0.253. The molecule has 0 saturated heterocycles. The predicted molar refractivity (Wildman–Crippen MR) is 119 cm³/mol. The number of amides is 1. The Kier molecular flexibility index (Phi) is 5.82. The zero-order valence-electron chi connectivity index (χ0n) is 17.8. The molecular weight excluding hydrogens is 362 g/mol. The predicted octanol–water partition coefficient (Wildman–Crippen LogP) is 4.77. The van der Waals surface area contributed by atoms with Gasteiger partial charge in [0.2, 0.25) is 0 Å². The van der Waals surface area contributed by atoms with Crippen molar-refractivity contribution in [3.63, 3.8) is 0 Å². The third-order valence-corrected chi connectivity index (χ3v) is 4.64. The number of aromatic nitrogens is 2. The fourth-order valence-electron chi connectivity index (χ4n) is 3.29. The largest absolute Gasteiger partial charge is 0.378 e. The lowest BCUT2D eigenvalue weighted by Gasteiger charge is -2.14. The van der Waals surface area contributed by atoms with Gasteiger partial charge in [0.1, 0.15) is 17.3 Å². The van der Waals surface area contributed by atoms with Crippen LogP contribution in [0.2, 0.25) is 0 Å². The van der Waals surface area contributed by atoms with E-state index in [0.717, 1.165) is 28.2 Å². The first-order valence-corrected chi connectivity index (χ1v) is 9.52. The number of rotatable bonds is 5. The second kappa shape index (κ2) is 8.31. The Bertz CT molecular complexity index is 1020. The van der Waals surface area contributed by atoms with Gasteiger partial charge in [0.05, 0.1) is 0 Å². The van der Waals surface area contributed by atoms with E-state index in [1.807, 2.05) is 64.0 Å². The number of nitrogens with one attached hydrogen (secondary N) is 2. The maximum atomic E-state index is 12.8. The summed E-state index contributed by atoms with van der Waals surface area (Å²) in [7, 11) is 4.00. The van der Waals surface area contributed by atoms with Crippen molar-refractivity contribution < 1.29 is 4.79 Å². The molecule has 3 rings (SSSR count). The van der Waals surface area contributed by atoms with Crippen LogP contribution in [-0.2, 0) is 0 Å². The number of anilines is 4. The van der Waals surface area contributed by atoms with Crippen LogP contribution in [0.25, 0.3) is 0 Å². The average molecular weight is 390 g/mol. The molecule has 0 unspecified atom stereocenters. The number of carbonyl (C=O) groups is 1. The van der Waals surface area contributed by atoms with Gasteiger partial charge < -0.3 is 15.5 Å². The third-order valence-electron chi connectivity index (χ3n) is 4.64. The van der Waals surface area contributed by atoms with Crippen molar-refractivity contribution in [3.05, 3.63) is 70.7 Å². The molecule has 0 spiro atoms. The van der Waals surface area contributed by atoms with Gasteiger partial charge in [-0.1, -0.05) is 17.7 Å². The van der Waals surface area contributed by atoms with Crippen molar-refractivity contribution in [2.75, 3.05) is 29.6 Å². The average Bonchev–Trinajstić information content (AvgIpc) is 2.64. The Morgan fingerprint density at radius 3 is 2.10 bits per heavy atom. The molecule has 2 N–H and O–H groups in total. The Balaban J connectivity index is 1.82. The van der Waals surface area contributed by atoms with Crippen LogP contribution in [0.3, 0.4) is 0 Å². The van der Waals surface area contributed by atoms with E-state index in [1.54, 1.807) is 13.0 Å². The molecule has 0 bridgehead atoms. The quantitative estimate of drug-likeness (QED) is 0.658. The highest BCUT2D eigenvalue weighted by Gasteiger charge is 2.14. The molecule has 0 saturated carbocycles. The van der Waals surface area contributed by atoms with E-state index >= 15 is 0 Å². The molecule has 0 fully saturated rings. The summed E-state index contributed by atoms with van der Waals surface area (Å²) in [5, 5.41) is 6.25. The summed E-state index contributed by atoms with van der Waals surface area (Å²) in [5.74, 6) is 0.858. The van der Waals surface area contributed by atoms with Gasteiger partial charge in [0.25, 0.3) is 5.91 Å². The standard InChI is InChI=1S/C23H27N5O/c1-14-11-15(2)22(16(3)12-14)27-23(29)20-13-21(25-17(4)24-20)26-18-7-9-19(10-8-18)28(5)6/h7-13H,1-6H3,(H,27,29)(H,24,25,26). The van der Waals surface area contributed by atoms with E-state index in [0.29, 0.717) is 17.3 Å². The molecule has 0 atom stereocenters. The van der Waals surface area contributed by atoms with E-state index < -0.39 is 0 Å². The van der Waals surface area contributed by atoms with Gasteiger partial charge in [-0.25, -0.2) is 9.97 Å². The second-order valence-electron chi connectivity index (χ2n) is 7.48. The summed E-state index contributed by atoms with van der Waals surface area (Å²) in [5.41, 5.74) is 6.38. The number of carbonyl (C=O) groups excluding carboxylic acids is 1. The third kappa shape index (κ3) is 4.90. The van der Waals surface area contributed by atoms with Crippen LogP contribution in [0.15, 0.2) is 42.5 Å². The lowest BCUT2D eigenvalue weighted by Crippen LogP contribution is -2.17. The lowest BCUT2D eigenvalue weighted by atomic mass is 10.0. The summed E-state index contributed by atoms with van der Waals surface area (Å²) in [6.45, 7) is 7.80. The molecule has 0 aliphatic rings. The van der Waals surface area contributed by atoms with E-state index in [9.17, 15) is 4.79 Å². The summed E-state index contributed by atoms with van der Waals surface area (Å²) < 4.78 is 0. The maximum Gasteiger partial charge on any atom is 0.274 e. The van der Waals surface area contributed by atoms with Crippen LogP contribution in [0.4, 0.5) is 22.9 Å². The molecule has 29 heavy (non-hydrogen) atoms. The monoisotopic (exact) mass is 389 g/mol. The zero-order valence-corrected chi connectivity index (χ0v) is 17.8. The molecule has 150 valence electrons. The van der Waals surface area contributed by atoms with Crippen molar-refractivity contribution >= 4 is 28.8 Å². The fourth-order valence-corrected chi connectivity index (χ4v) is 3.29. The second-order valence-corrected chi connectivity index (χ2v) is 7.48. The van der Waals surface area contributed by atoms with Gasteiger partial charge in [-0.3, -0.25) is 4.79 Å². The SMILES string of the molecule is Cc1cc(C)c(NC(=O)c2cc(Nc3ccc(N(C)C)cc3)nc(C)n2)c(C)c1. The van der Waals surface area contributed by atoms with Crippen molar-refractivity contribution in [2.45, 2.75) is 27.7 Å². The Labute approximate surface area is 172 Å². The van der Waals surface area contributed by atoms with Gasteiger partial charge in [0.15, 0.2) is 0 Å². The molecule has 1 heterocycles. The Hall–Kier alpha value is -3.41. The minimum absolute atomic E-state index is 0.253. The van der Waals surface area contributed by atoms with E-state index in [1.165, 1.54) is 5.56 Å². The van der Waals surface area contributed by atoms with Gasteiger partial charge in [-0.05, 0) is 63.1 Å². The Morgan fingerprint density at radius 2 is 1.52 bits per heavy atom. The van der Waals surface area contributed by atoms with Crippen LogP contribution >= 0.6 is 0 Å². The highest BCUT2D eigenvalue weighted by Crippen LogP contribution is 2.23. The summed E-state index contributed by atoms with van der Waals surface area (Å²) in [6, 6.07) is 13.8. The maximum absolute atomic E-state index is 12.8. The van der Waals surface area contributed by atoms with Crippen LogP contribution in [-0.4, -0.2) is 30.0 Å². The zero-order chi connectivity index (χ0) is 21.1. The summed E-state index contributed by atoms with van der Waals surface area (Å²) in [6.07, 6.45) is 0. The lowest BCUT2D eigenvalue weighted by molar-refractivity contribution is 0.102. The van der Waals surface area contributed by atoms with Crippen molar-refractivity contribution in [1.82, 2.24) is 9.97 Å². The fraction of sp³-hybridized carbons (Fsp3) is 0.261. The topological polar surface area (TPSA) is 70.2 Å². The van der Waals surface area contributed by atoms with Crippen LogP contribution in [0.5, 0.6) is 0 Å². The summed E-state index contributed by atoms with van der Waals surface area (Å²) >= 11 is 0. The van der Waals surface area contributed by atoms with Crippen molar-refractivity contribution in [1.29, 1.82) is 0 Å². The molecule has 0 aliphatic carbocycles. The smallest absolute Gasteiger partial charge is 0.274 e. The highest BCUT2D eigenvalue weighted by molar-refractivity contribution is 6.04. The molecule has 6 heteroatoms. The number of aryl methyl sites for hydroxylation is 4. The van der Waals surface area contributed by atoms with Gasteiger partial charge in [0, 0.05) is 37.2 Å². The molecular formula is C23H27N5O. The highest BCUT2D eigenvalue weighted by atomic mass is 16.1. The molecule has 3 aromatic rings. The van der Waals surface area contributed by atoms with Crippen molar-refractivity contribution in [3.8, 4) is 0 Å². The summed E-state index contributed by atoms with van der Waals surface area (Å²) in [4.78, 5) is 23.6. The molecule has 1 aromatic heterocycles. The molecule has 6 nitrogen and oxygen atoms in total. The van der Waals surface area contributed by atoms with Crippen LogP contribution < -0.4 is 15.5 Å². The van der Waals surface area contributed by atoms with E-state index in [-0.39, 0.29) is 5.91 Å². The number of hydrogen-bond acceptors (Lipinski definition) is 5. The first-order valence-electron chi connectivity index (χ1n) is 9.52. The van der Waals surface area contributed by atoms with E-state index in [2.05, 4.69) is 32.7 Å². The molecule has 0 aliphatic heterocycles. The Morgan fingerprint density at radius 1 is 0.897 bits per heavy atom. The van der Waals surface area contributed by atoms with Crippen molar-refractivity contribution in [2.24, 2.45) is 0 Å². The molecule has 2 aromatic carbocycles. The van der Waals surface area contributed by atoms with Crippen LogP contribution in [0.1, 0.15) is 33.0 Å². The molecule has 1 amide bonds. The minimum Gasteiger partial charge on any atom is -0.378 e. The number of benzene rings is 2. The van der Waals surface area contributed by atoms with Gasteiger partial charge >= 0.3 is 0 Å². The number of hydrogen-bond donors (Lipinski definition) is 2. The first kappa shape index (κ1) is 20.3. The van der Waals surface area contributed by atoms with Gasteiger partial charge in [-0.2, -0.15) is 0 Å². The van der Waals surface area contributed by atoms with Crippen LogP contribution in [0, 0.1) is 27.7 Å². The molecule has 0 radical (unpaired) electrons. The van der Waals surface area contributed by atoms with E-state index in [4.69, 9.17) is 0 Å². The number of nitrogens with zero attached hydrogens (tertiary/aromatic N) is 3. The normalized spacial score (nSPS) is 10.6. The van der Waals surface area contributed by atoms with Gasteiger partial charge in [-0.15, -0.1) is 0 Å². The first-order chi connectivity index (χ1) is 13.7.